The lowest BCUT2D eigenvalue weighted by Gasteiger charge is -2.13. The zero-order chi connectivity index (χ0) is 17.9. The number of pyridine rings is 2. The molecule has 5 nitrogen and oxygen atoms in total. The summed E-state index contributed by atoms with van der Waals surface area (Å²) >= 11 is 4.89. The highest BCUT2D eigenvalue weighted by molar-refractivity contribution is 7.79. The van der Waals surface area contributed by atoms with Gasteiger partial charge in [-0.2, -0.15) is 0 Å². The van der Waals surface area contributed by atoms with Gasteiger partial charge >= 0.3 is 0 Å². The third kappa shape index (κ3) is 3.14. The smallest absolute Gasteiger partial charge is 0.140 e. The topological polar surface area (TPSA) is 65.6 Å². The molecular formula is C20H17N5S. The lowest BCUT2D eigenvalue weighted by molar-refractivity contribution is 1.28. The predicted octanol–water partition coefficient (Wildman–Crippen LogP) is 5.05. The predicted molar refractivity (Wildman–Crippen MR) is 111 cm³/mol. The molecular weight excluding hydrogens is 342 g/mol. The van der Waals surface area contributed by atoms with Gasteiger partial charge in [-0.15, -0.1) is 0 Å². The number of aryl methyl sites for hydroxylation is 1. The maximum Gasteiger partial charge on any atom is 0.140 e. The van der Waals surface area contributed by atoms with Crippen molar-refractivity contribution in [1.82, 2.24) is 15.0 Å². The molecule has 0 aliphatic carbocycles. The number of H-pyrrole nitrogens is 1. The van der Waals surface area contributed by atoms with Crippen LogP contribution in [-0.4, -0.2) is 20.4 Å². The second-order valence-corrected chi connectivity index (χ2v) is 6.19. The van der Waals surface area contributed by atoms with Crippen LogP contribution in [0.1, 0.15) is 5.56 Å². The van der Waals surface area contributed by atoms with E-state index >= 15 is 0 Å². The molecule has 0 aliphatic heterocycles. The van der Waals surface area contributed by atoms with Gasteiger partial charge < -0.3 is 15.6 Å². The van der Waals surface area contributed by atoms with E-state index < -0.39 is 0 Å². The van der Waals surface area contributed by atoms with Gasteiger partial charge in [0.25, 0.3) is 0 Å². The molecule has 3 aromatic heterocycles. The highest BCUT2D eigenvalue weighted by Gasteiger charge is 2.10. The first-order valence-corrected chi connectivity index (χ1v) is 8.68. The lowest BCUT2D eigenvalue weighted by atomic mass is 10.1. The maximum atomic E-state index is 4.89. The third-order valence-corrected chi connectivity index (χ3v) is 4.34. The average molecular weight is 359 g/mol. The zero-order valence-electron chi connectivity index (χ0n) is 14.2. The van der Waals surface area contributed by atoms with Crippen molar-refractivity contribution in [3.8, 4) is 11.3 Å². The Morgan fingerprint density at radius 2 is 2.04 bits per heavy atom. The molecule has 3 N–H and O–H groups in total. The summed E-state index contributed by atoms with van der Waals surface area (Å²) in [5, 5.41) is 7.63. The normalized spacial score (nSPS) is 10.7. The van der Waals surface area contributed by atoms with E-state index in [0.29, 0.717) is 0 Å². The largest absolute Gasteiger partial charge is 0.355 e. The molecule has 0 amide bonds. The molecule has 0 radical (unpaired) electrons. The molecule has 4 aromatic rings. The van der Waals surface area contributed by atoms with Gasteiger partial charge in [0.1, 0.15) is 5.65 Å². The summed E-state index contributed by atoms with van der Waals surface area (Å²) in [6.45, 7) is 2.07. The van der Waals surface area contributed by atoms with E-state index in [1.54, 1.807) is 6.20 Å². The molecule has 3 heterocycles. The van der Waals surface area contributed by atoms with Gasteiger partial charge in [0, 0.05) is 40.9 Å². The van der Waals surface area contributed by atoms with Crippen molar-refractivity contribution in [2.75, 3.05) is 10.6 Å². The Morgan fingerprint density at radius 1 is 1.12 bits per heavy atom. The van der Waals surface area contributed by atoms with E-state index in [9.17, 15) is 0 Å². The van der Waals surface area contributed by atoms with Crippen LogP contribution < -0.4 is 10.6 Å². The molecule has 0 spiro atoms. The summed E-state index contributed by atoms with van der Waals surface area (Å²) in [5.41, 5.74) is 8.26. The molecule has 26 heavy (non-hydrogen) atoms. The summed E-state index contributed by atoms with van der Waals surface area (Å²) < 4.78 is 0. The minimum atomic E-state index is 0.833. The molecule has 1 aromatic carbocycles. The fraction of sp³-hybridized carbons (Fsp3) is 0.0500. The summed E-state index contributed by atoms with van der Waals surface area (Å²) in [7, 11) is 0. The van der Waals surface area contributed by atoms with Gasteiger partial charge in [0.15, 0.2) is 0 Å². The highest BCUT2D eigenvalue weighted by atomic mass is 32.1. The molecule has 4 rings (SSSR count). The fourth-order valence-electron chi connectivity index (χ4n) is 2.86. The Morgan fingerprint density at radius 3 is 2.85 bits per heavy atom. The number of fused-ring (bicyclic) bond motifs is 1. The number of rotatable bonds is 5. The summed E-state index contributed by atoms with van der Waals surface area (Å²) in [5.74, 6) is 0. The molecule has 0 atom stereocenters. The molecule has 0 saturated carbocycles. The first-order valence-electron chi connectivity index (χ1n) is 8.21. The number of hydrogen-bond donors (Lipinski definition) is 3. The summed E-state index contributed by atoms with van der Waals surface area (Å²) in [6.07, 6.45) is 5.47. The van der Waals surface area contributed by atoms with Crippen LogP contribution in [0.2, 0.25) is 0 Å². The van der Waals surface area contributed by atoms with Crippen molar-refractivity contribution in [2.45, 2.75) is 6.92 Å². The van der Waals surface area contributed by atoms with Crippen molar-refractivity contribution in [3.05, 3.63) is 66.6 Å². The average Bonchev–Trinajstić information content (AvgIpc) is 3.14. The van der Waals surface area contributed by atoms with E-state index in [-0.39, 0.29) is 0 Å². The Balaban J connectivity index is 1.80. The van der Waals surface area contributed by atoms with Crippen molar-refractivity contribution in [1.29, 1.82) is 0 Å². The van der Waals surface area contributed by atoms with E-state index in [2.05, 4.69) is 33.6 Å². The van der Waals surface area contributed by atoms with E-state index in [0.717, 1.165) is 44.9 Å². The third-order valence-electron chi connectivity index (χ3n) is 4.22. The van der Waals surface area contributed by atoms with E-state index in [4.69, 9.17) is 17.2 Å². The van der Waals surface area contributed by atoms with Gasteiger partial charge in [-0.3, -0.25) is 4.98 Å². The van der Waals surface area contributed by atoms with Crippen LogP contribution in [0.4, 0.5) is 17.1 Å². The monoisotopic (exact) mass is 359 g/mol. The zero-order valence-corrected chi connectivity index (χ0v) is 15.0. The van der Waals surface area contributed by atoms with Gasteiger partial charge in [0.2, 0.25) is 0 Å². The number of nitrogens with zero attached hydrogens (tertiary/aromatic N) is 2. The van der Waals surface area contributed by atoms with Gasteiger partial charge in [-0.25, -0.2) is 4.98 Å². The second-order valence-electron chi connectivity index (χ2n) is 5.95. The van der Waals surface area contributed by atoms with Gasteiger partial charge in [0.05, 0.1) is 16.9 Å². The molecule has 128 valence electrons. The minimum absolute atomic E-state index is 0.833. The summed E-state index contributed by atoms with van der Waals surface area (Å²) in [4.78, 5) is 12.1. The number of thiocarbonyl (C=S) groups is 1. The molecule has 0 unspecified atom stereocenters. The van der Waals surface area contributed by atoms with Gasteiger partial charge in [-0.1, -0.05) is 18.3 Å². The Hall–Kier alpha value is -3.25. The van der Waals surface area contributed by atoms with Crippen LogP contribution in [0.15, 0.2) is 61.1 Å². The molecule has 6 heteroatoms. The number of hydrogen-bond acceptors (Lipinski definition) is 4. The number of aromatic nitrogens is 3. The molecule has 0 fully saturated rings. The number of anilines is 3. The SMILES string of the molecule is Cc1ccc(NC=S)cc1Nc1cc(-c2cccnc2)nc2[nH]ccc12. The lowest BCUT2D eigenvalue weighted by Crippen LogP contribution is -1.98. The van der Waals surface area contributed by atoms with Crippen LogP contribution in [0.25, 0.3) is 22.3 Å². The van der Waals surface area contributed by atoms with Crippen LogP contribution in [-0.2, 0) is 0 Å². The van der Waals surface area contributed by atoms with Crippen molar-refractivity contribution in [3.63, 3.8) is 0 Å². The highest BCUT2D eigenvalue weighted by Crippen LogP contribution is 2.31. The van der Waals surface area contributed by atoms with E-state index in [1.165, 1.54) is 5.49 Å². The maximum absolute atomic E-state index is 4.89. The Labute approximate surface area is 156 Å². The quantitative estimate of drug-likeness (QED) is 0.435. The molecule has 0 bridgehead atoms. The van der Waals surface area contributed by atoms with Gasteiger partial charge in [-0.05, 0) is 48.9 Å². The van der Waals surface area contributed by atoms with Crippen LogP contribution >= 0.6 is 12.2 Å². The Kier molecular flexibility index (Phi) is 4.33. The second kappa shape index (κ2) is 6.93. The molecule has 0 aliphatic rings. The number of aromatic amines is 1. The van der Waals surface area contributed by atoms with Crippen LogP contribution in [0.5, 0.6) is 0 Å². The molecule has 0 saturated heterocycles. The van der Waals surface area contributed by atoms with E-state index in [1.807, 2.05) is 48.8 Å². The standard InChI is InChI=1S/C20H17N5S/c1-13-4-5-15(23-12-26)9-17(13)24-19-10-18(14-3-2-7-21-11-14)25-20-16(19)6-8-22-20/h2-12H,1H3,(H,23,26)(H2,22,24,25). The number of benzene rings is 1. The fourth-order valence-corrected chi connectivity index (χ4v) is 3.00. The van der Waals surface area contributed by atoms with Crippen LogP contribution in [0.3, 0.4) is 0 Å². The van der Waals surface area contributed by atoms with Crippen LogP contribution in [0, 0.1) is 6.92 Å². The first-order chi connectivity index (χ1) is 12.7. The Bertz CT molecular complexity index is 1070. The minimum Gasteiger partial charge on any atom is -0.355 e. The number of nitrogens with one attached hydrogen (secondary N) is 3. The summed E-state index contributed by atoms with van der Waals surface area (Å²) in [6, 6.07) is 14.1. The van der Waals surface area contributed by atoms with Crippen molar-refractivity contribution < 1.29 is 0 Å². The van der Waals surface area contributed by atoms with Crippen molar-refractivity contribution in [2.24, 2.45) is 0 Å². The van der Waals surface area contributed by atoms with Crippen molar-refractivity contribution >= 4 is 45.8 Å². The first kappa shape index (κ1) is 16.2.